The van der Waals surface area contributed by atoms with E-state index in [0.717, 1.165) is 11.7 Å². The molecule has 0 spiro atoms. The maximum atomic E-state index is 13.6. The third kappa shape index (κ3) is 6.50. The number of amides is 2. The summed E-state index contributed by atoms with van der Waals surface area (Å²) in [4.78, 5) is 60.4. The van der Waals surface area contributed by atoms with Gasteiger partial charge in [-0.1, -0.05) is 34.6 Å². The molecule has 0 aliphatic heterocycles. The van der Waals surface area contributed by atoms with Crippen LogP contribution in [0.4, 0.5) is 14.9 Å². The summed E-state index contributed by atoms with van der Waals surface area (Å²) < 4.78 is 30.8. The number of methoxy groups -OCH3 is 1. The molecule has 0 saturated heterocycles. The quantitative estimate of drug-likeness (QED) is 0.263. The summed E-state index contributed by atoms with van der Waals surface area (Å²) in [6, 6.07) is 2.86. The summed E-state index contributed by atoms with van der Waals surface area (Å²) in [6.45, 7) is 11.8. The molecule has 4 rings (SSSR count). The van der Waals surface area contributed by atoms with Gasteiger partial charge >= 0.3 is 6.09 Å². The minimum atomic E-state index is -1.09. The van der Waals surface area contributed by atoms with E-state index < -0.39 is 58.5 Å². The smallest absolute Gasteiger partial charge is 0.411 e. The number of anilines is 1. The first kappa shape index (κ1) is 32.0. The molecule has 234 valence electrons. The fraction of sp³-hybridized carbons (Fsp3) is 0.448. The Bertz CT molecular complexity index is 1780. The molecule has 14 nitrogen and oxygen atoms in total. The largest absolute Gasteiger partial charge is 0.453 e. The summed E-state index contributed by atoms with van der Waals surface area (Å²) >= 11 is 0. The lowest BCUT2D eigenvalue weighted by atomic mass is 9.93. The predicted molar refractivity (Wildman–Crippen MR) is 155 cm³/mol. The van der Waals surface area contributed by atoms with Crippen LogP contribution in [0.25, 0.3) is 11.1 Å². The highest BCUT2D eigenvalue weighted by molar-refractivity contribution is 5.98. The number of hydrogen-bond acceptors (Lipinski definition) is 11. The fourth-order valence-corrected chi connectivity index (χ4v) is 4.35. The van der Waals surface area contributed by atoms with Crippen molar-refractivity contribution in [2.24, 2.45) is 5.92 Å². The number of fused-ring (bicyclic) bond motifs is 1. The summed E-state index contributed by atoms with van der Waals surface area (Å²) in [5.41, 5.74) is -1.92. The van der Waals surface area contributed by atoms with Gasteiger partial charge < -0.3 is 18.9 Å². The van der Waals surface area contributed by atoms with E-state index in [1.165, 1.54) is 24.4 Å². The molecule has 2 amide bonds. The van der Waals surface area contributed by atoms with Crippen LogP contribution in [0.15, 0.2) is 38.0 Å². The van der Waals surface area contributed by atoms with E-state index in [-0.39, 0.29) is 34.8 Å². The van der Waals surface area contributed by atoms with Crippen LogP contribution in [-0.2, 0) is 26.9 Å². The molecular weight excluding hydrogens is 577 g/mol. The molecule has 0 saturated carbocycles. The number of nitrogens with zero attached hydrogens (tertiary/aromatic N) is 5. The van der Waals surface area contributed by atoms with Gasteiger partial charge in [-0.25, -0.2) is 19.2 Å². The lowest BCUT2D eigenvalue weighted by molar-refractivity contribution is -0.122. The van der Waals surface area contributed by atoms with Crippen molar-refractivity contribution in [3.8, 4) is 0 Å². The zero-order valence-corrected chi connectivity index (χ0v) is 25.6. The zero-order valence-electron chi connectivity index (χ0n) is 25.6. The highest BCUT2D eigenvalue weighted by atomic mass is 19.1. The van der Waals surface area contributed by atoms with Gasteiger partial charge in [0.25, 0.3) is 11.4 Å². The van der Waals surface area contributed by atoms with Gasteiger partial charge in [0.05, 0.1) is 19.3 Å². The monoisotopic (exact) mass is 611 g/mol. The first-order valence-corrected chi connectivity index (χ1v) is 13.7. The van der Waals surface area contributed by atoms with Gasteiger partial charge in [0, 0.05) is 11.5 Å². The van der Waals surface area contributed by atoms with Crippen LogP contribution in [0.5, 0.6) is 0 Å². The van der Waals surface area contributed by atoms with Gasteiger partial charge in [-0.3, -0.25) is 24.3 Å². The summed E-state index contributed by atoms with van der Waals surface area (Å²) in [5.74, 6) is -2.08. The third-order valence-corrected chi connectivity index (χ3v) is 6.76. The SMILES string of the molecule is COC(=O)Nc1cnc(C(C)(C)C)n(CC(=O)NC(C(=O)c2nnc(C(C)(C)c3nc4ccc(F)cc4o3)o2)C(C)C)c1=O. The van der Waals surface area contributed by atoms with Crippen LogP contribution >= 0.6 is 0 Å². The Morgan fingerprint density at radius 1 is 1.07 bits per heavy atom. The number of carbonyl (C=O) groups excluding carboxylic acids is 3. The van der Waals surface area contributed by atoms with Crippen molar-refractivity contribution in [3.63, 3.8) is 0 Å². The molecule has 1 unspecified atom stereocenters. The van der Waals surface area contributed by atoms with E-state index in [0.29, 0.717) is 5.52 Å². The van der Waals surface area contributed by atoms with E-state index >= 15 is 0 Å². The van der Waals surface area contributed by atoms with Crippen molar-refractivity contribution in [1.82, 2.24) is 30.0 Å². The molecule has 15 heteroatoms. The molecule has 0 radical (unpaired) electrons. The number of ether oxygens (including phenoxy) is 1. The molecule has 0 fully saturated rings. The Morgan fingerprint density at radius 3 is 2.41 bits per heavy atom. The molecule has 0 aliphatic carbocycles. The standard InChI is InChI=1S/C29H34FN7O7/c1-14(2)20(34-19(38)13-37-23(40)17(33-27(41)42-8)12-31-24(37)28(3,4)5)21(39)22-35-36-26(44-22)29(6,7)25-32-16-10-9-15(30)11-18(16)43-25/h9-12,14,20H,13H2,1-8H3,(H,33,41)(H,34,38). The van der Waals surface area contributed by atoms with E-state index in [2.05, 4.69) is 35.5 Å². The number of carbonyl (C=O) groups is 3. The van der Waals surface area contributed by atoms with Crippen LogP contribution in [0, 0.1) is 11.7 Å². The number of aromatic nitrogens is 5. The number of rotatable bonds is 9. The third-order valence-electron chi connectivity index (χ3n) is 6.76. The zero-order chi connectivity index (χ0) is 32.6. The second kappa shape index (κ2) is 12.0. The Balaban J connectivity index is 1.57. The molecule has 3 heterocycles. The number of halogens is 1. The number of hydrogen-bond donors (Lipinski definition) is 2. The van der Waals surface area contributed by atoms with E-state index in [4.69, 9.17) is 8.83 Å². The first-order chi connectivity index (χ1) is 20.5. The minimum Gasteiger partial charge on any atom is -0.453 e. The number of nitrogens with one attached hydrogen (secondary N) is 2. The molecule has 0 aliphatic rings. The highest BCUT2D eigenvalue weighted by Crippen LogP contribution is 2.32. The van der Waals surface area contributed by atoms with Crippen molar-refractivity contribution in [3.05, 3.63) is 64.1 Å². The lowest BCUT2D eigenvalue weighted by Gasteiger charge is -2.24. The van der Waals surface area contributed by atoms with Gasteiger partial charge in [-0.2, -0.15) is 0 Å². The van der Waals surface area contributed by atoms with Crippen molar-refractivity contribution in [2.75, 3.05) is 12.4 Å². The van der Waals surface area contributed by atoms with E-state index in [9.17, 15) is 23.6 Å². The average molecular weight is 612 g/mol. The van der Waals surface area contributed by atoms with Gasteiger partial charge in [0.1, 0.15) is 34.8 Å². The van der Waals surface area contributed by atoms with Gasteiger partial charge in [0.15, 0.2) is 5.58 Å². The van der Waals surface area contributed by atoms with Crippen LogP contribution in [0.3, 0.4) is 0 Å². The second-order valence-corrected chi connectivity index (χ2v) is 12.1. The average Bonchev–Trinajstić information content (AvgIpc) is 3.61. The Hall–Kier alpha value is -4.95. The van der Waals surface area contributed by atoms with Crippen LogP contribution in [0.2, 0.25) is 0 Å². The summed E-state index contributed by atoms with van der Waals surface area (Å²) in [5, 5.41) is 12.9. The van der Waals surface area contributed by atoms with Crippen LogP contribution < -0.4 is 16.2 Å². The van der Waals surface area contributed by atoms with E-state index in [1.54, 1.807) is 27.7 Å². The summed E-state index contributed by atoms with van der Waals surface area (Å²) in [6.07, 6.45) is 0.323. The Morgan fingerprint density at radius 2 is 1.77 bits per heavy atom. The number of benzene rings is 1. The van der Waals surface area contributed by atoms with E-state index in [1.807, 2.05) is 20.8 Å². The predicted octanol–water partition coefficient (Wildman–Crippen LogP) is 3.73. The van der Waals surface area contributed by atoms with Crippen molar-refractivity contribution >= 4 is 34.6 Å². The van der Waals surface area contributed by atoms with Gasteiger partial charge in [-0.15, -0.1) is 10.2 Å². The molecule has 2 N–H and O–H groups in total. The molecule has 1 atom stereocenters. The molecular formula is C29H34FN7O7. The van der Waals surface area contributed by atoms with Crippen molar-refractivity contribution in [2.45, 2.75) is 71.9 Å². The van der Waals surface area contributed by atoms with Crippen molar-refractivity contribution < 1.29 is 32.3 Å². The lowest BCUT2D eigenvalue weighted by Crippen LogP contribution is -2.47. The highest BCUT2D eigenvalue weighted by Gasteiger charge is 2.37. The van der Waals surface area contributed by atoms with Gasteiger partial charge in [0.2, 0.25) is 23.5 Å². The number of oxazole rings is 1. The Kier molecular flexibility index (Phi) is 8.70. The Labute approximate surface area is 251 Å². The minimum absolute atomic E-state index is 0.0177. The van der Waals surface area contributed by atoms with Crippen LogP contribution in [-0.4, -0.2) is 55.7 Å². The normalized spacial score (nSPS) is 12.8. The summed E-state index contributed by atoms with van der Waals surface area (Å²) in [7, 11) is 1.15. The van der Waals surface area contributed by atoms with Crippen molar-refractivity contribution in [1.29, 1.82) is 0 Å². The van der Waals surface area contributed by atoms with Crippen LogP contribution in [0.1, 0.15) is 76.8 Å². The first-order valence-electron chi connectivity index (χ1n) is 13.7. The maximum Gasteiger partial charge on any atom is 0.411 e. The fourth-order valence-electron chi connectivity index (χ4n) is 4.35. The molecule has 4 aromatic rings. The molecule has 44 heavy (non-hydrogen) atoms. The molecule has 0 bridgehead atoms. The maximum absolute atomic E-state index is 13.6. The second-order valence-electron chi connectivity index (χ2n) is 12.1. The molecule has 1 aromatic carbocycles. The van der Waals surface area contributed by atoms with Gasteiger partial charge in [-0.05, 0) is 31.9 Å². The topological polar surface area (TPSA) is 184 Å². The molecule has 3 aromatic heterocycles. The number of Topliss-reactive ketones (excluding diaryl/α,β-unsaturated/α-hetero) is 1. The number of ketones is 1.